The van der Waals surface area contributed by atoms with Crippen molar-refractivity contribution in [3.05, 3.63) is 12.2 Å². The predicted octanol–water partition coefficient (Wildman–Crippen LogP) is 1.82. The predicted molar refractivity (Wildman–Crippen MR) is 39.5 cm³/mol. The molecule has 2 nitrogen and oxygen atoms in total. The third-order valence-electron chi connectivity index (χ3n) is 1.70. The summed E-state index contributed by atoms with van der Waals surface area (Å²) in [5, 5.41) is 0. The zero-order chi connectivity index (χ0) is 7.23. The van der Waals surface area contributed by atoms with Gasteiger partial charge in [-0.1, -0.05) is 18.6 Å². The summed E-state index contributed by atoms with van der Waals surface area (Å²) in [6.07, 6.45) is 10.2. The number of hydrogen-bond donors (Lipinski definition) is 0. The van der Waals surface area contributed by atoms with E-state index in [1.807, 2.05) is 6.08 Å². The Kier molecular flexibility index (Phi) is 2.91. The first-order valence-electron chi connectivity index (χ1n) is 3.67. The second-order valence-corrected chi connectivity index (χ2v) is 2.50. The third-order valence-corrected chi connectivity index (χ3v) is 1.70. The molecule has 0 N–H and O–H groups in total. The zero-order valence-corrected chi connectivity index (χ0v) is 5.92. The fourth-order valence-corrected chi connectivity index (χ4v) is 1.14. The van der Waals surface area contributed by atoms with Gasteiger partial charge in [-0.15, -0.1) is 0 Å². The minimum absolute atomic E-state index is 0.111. The molecule has 0 saturated heterocycles. The van der Waals surface area contributed by atoms with Gasteiger partial charge < -0.3 is 0 Å². The Balaban J connectivity index is 2.49. The zero-order valence-electron chi connectivity index (χ0n) is 5.92. The van der Waals surface area contributed by atoms with E-state index in [0.29, 0.717) is 0 Å². The van der Waals surface area contributed by atoms with E-state index in [1.165, 1.54) is 12.8 Å². The van der Waals surface area contributed by atoms with E-state index < -0.39 is 0 Å². The van der Waals surface area contributed by atoms with Crippen LogP contribution in [0.4, 0.5) is 0 Å². The summed E-state index contributed by atoms with van der Waals surface area (Å²) in [4.78, 5) is 13.5. The number of carbonyl (C=O) groups excluding carboxylic acids is 1. The highest BCUT2D eigenvalue weighted by molar-refractivity contribution is 5.34. The molecular formula is C8H11NO. The van der Waals surface area contributed by atoms with E-state index in [9.17, 15) is 4.79 Å². The van der Waals surface area contributed by atoms with Gasteiger partial charge in [0.1, 0.15) is 0 Å². The molecule has 1 atom stereocenters. The molecule has 0 saturated carbocycles. The monoisotopic (exact) mass is 137 g/mol. The van der Waals surface area contributed by atoms with E-state index in [4.69, 9.17) is 0 Å². The average molecular weight is 137 g/mol. The smallest absolute Gasteiger partial charge is 0.211 e. The molecule has 54 valence electrons. The highest BCUT2D eigenvalue weighted by atomic mass is 16.1. The van der Waals surface area contributed by atoms with Crippen molar-refractivity contribution in [2.75, 3.05) is 0 Å². The van der Waals surface area contributed by atoms with E-state index in [-0.39, 0.29) is 6.04 Å². The van der Waals surface area contributed by atoms with Crippen molar-refractivity contribution in [1.29, 1.82) is 0 Å². The minimum Gasteiger partial charge on any atom is -0.211 e. The summed E-state index contributed by atoms with van der Waals surface area (Å²) >= 11 is 0. The van der Waals surface area contributed by atoms with Gasteiger partial charge in [0.05, 0.1) is 6.04 Å². The first-order chi connectivity index (χ1) is 4.93. The van der Waals surface area contributed by atoms with Crippen LogP contribution in [-0.4, -0.2) is 12.1 Å². The highest BCUT2D eigenvalue weighted by Gasteiger charge is 2.03. The van der Waals surface area contributed by atoms with Gasteiger partial charge in [-0.2, -0.15) is 4.99 Å². The lowest BCUT2D eigenvalue weighted by Gasteiger charge is -1.98. The SMILES string of the molecule is O=C=NC1C=CCCCC1. The van der Waals surface area contributed by atoms with Crippen molar-refractivity contribution in [2.45, 2.75) is 31.7 Å². The van der Waals surface area contributed by atoms with Gasteiger partial charge in [0.25, 0.3) is 0 Å². The molecule has 10 heavy (non-hydrogen) atoms. The maximum atomic E-state index is 9.86. The van der Waals surface area contributed by atoms with E-state index >= 15 is 0 Å². The summed E-state index contributed by atoms with van der Waals surface area (Å²) in [6.45, 7) is 0. The Hall–Kier alpha value is -0.880. The molecule has 0 amide bonds. The molecule has 1 rings (SSSR count). The molecule has 1 aliphatic rings. The number of hydrogen-bond acceptors (Lipinski definition) is 2. The molecule has 1 unspecified atom stereocenters. The Bertz CT molecular complexity index is 168. The normalized spacial score (nSPS) is 25.0. The van der Waals surface area contributed by atoms with Crippen LogP contribution in [0.1, 0.15) is 25.7 Å². The summed E-state index contributed by atoms with van der Waals surface area (Å²) < 4.78 is 0. The molecule has 0 bridgehead atoms. The highest BCUT2D eigenvalue weighted by Crippen LogP contribution is 2.12. The Morgan fingerprint density at radius 3 is 3.20 bits per heavy atom. The van der Waals surface area contributed by atoms with Gasteiger partial charge >= 0.3 is 0 Å². The van der Waals surface area contributed by atoms with Gasteiger partial charge in [-0.05, 0) is 19.3 Å². The summed E-state index contributed by atoms with van der Waals surface area (Å²) in [7, 11) is 0. The van der Waals surface area contributed by atoms with E-state index in [0.717, 1.165) is 12.8 Å². The number of aliphatic imine (C=N–C) groups is 1. The van der Waals surface area contributed by atoms with Gasteiger partial charge in [0.2, 0.25) is 6.08 Å². The van der Waals surface area contributed by atoms with Gasteiger partial charge in [0.15, 0.2) is 0 Å². The first kappa shape index (κ1) is 7.23. The third kappa shape index (κ3) is 2.16. The molecule has 0 aromatic heterocycles. The Morgan fingerprint density at radius 2 is 2.40 bits per heavy atom. The lowest BCUT2D eigenvalue weighted by molar-refractivity contribution is 0.557. The molecular weight excluding hydrogens is 126 g/mol. The first-order valence-corrected chi connectivity index (χ1v) is 3.67. The van der Waals surface area contributed by atoms with Crippen LogP contribution >= 0.6 is 0 Å². The Labute approximate surface area is 60.7 Å². The number of allylic oxidation sites excluding steroid dienone is 1. The van der Waals surface area contributed by atoms with Crippen LogP contribution < -0.4 is 0 Å². The summed E-state index contributed by atoms with van der Waals surface area (Å²) in [5.74, 6) is 0. The lowest BCUT2D eigenvalue weighted by Crippen LogP contribution is -1.96. The fraction of sp³-hybridized carbons (Fsp3) is 0.625. The Morgan fingerprint density at radius 1 is 1.50 bits per heavy atom. The molecule has 0 aliphatic heterocycles. The van der Waals surface area contributed by atoms with Gasteiger partial charge in [0, 0.05) is 0 Å². The van der Waals surface area contributed by atoms with Crippen LogP contribution in [0, 0.1) is 0 Å². The fourth-order valence-electron chi connectivity index (χ4n) is 1.14. The largest absolute Gasteiger partial charge is 0.235 e. The molecule has 0 heterocycles. The molecule has 0 spiro atoms. The van der Waals surface area contributed by atoms with Crippen LogP contribution in [0.3, 0.4) is 0 Å². The molecule has 0 radical (unpaired) electrons. The molecule has 2 heteroatoms. The molecule has 1 aliphatic carbocycles. The number of nitrogens with zero attached hydrogens (tertiary/aromatic N) is 1. The molecule has 0 fully saturated rings. The van der Waals surface area contributed by atoms with Crippen LogP contribution in [-0.2, 0) is 4.79 Å². The van der Waals surface area contributed by atoms with Crippen molar-refractivity contribution in [3.8, 4) is 0 Å². The minimum atomic E-state index is 0.111. The van der Waals surface area contributed by atoms with Crippen molar-refractivity contribution in [1.82, 2.24) is 0 Å². The van der Waals surface area contributed by atoms with E-state index in [2.05, 4.69) is 11.1 Å². The van der Waals surface area contributed by atoms with Crippen molar-refractivity contribution in [2.24, 2.45) is 4.99 Å². The molecule has 0 aromatic carbocycles. The van der Waals surface area contributed by atoms with Gasteiger partial charge in [-0.25, -0.2) is 4.79 Å². The van der Waals surface area contributed by atoms with E-state index in [1.54, 1.807) is 6.08 Å². The van der Waals surface area contributed by atoms with Crippen molar-refractivity contribution < 1.29 is 4.79 Å². The second kappa shape index (κ2) is 4.02. The lowest BCUT2D eigenvalue weighted by atomic mass is 10.2. The standard InChI is InChI=1S/C8H11NO/c10-7-9-8-5-3-1-2-4-6-8/h3,5,8H,1-2,4,6H2. The van der Waals surface area contributed by atoms with Crippen molar-refractivity contribution in [3.63, 3.8) is 0 Å². The van der Waals surface area contributed by atoms with Crippen LogP contribution in [0.25, 0.3) is 0 Å². The maximum absolute atomic E-state index is 9.86. The van der Waals surface area contributed by atoms with Crippen LogP contribution in [0.15, 0.2) is 17.1 Å². The maximum Gasteiger partial charge on any atom is 0.235 e. The summed E-state index contributed by atoms with van der Waals surface area (Å²) in [5.41, 5.74) is 0. The second-order valence-electron chi connectivity index (χ2n) is 2.50. The topological polar surface area (TPSA) is 29.4 Å². The summed E-state index contributed by atoms with van der Waals surface area (Å²) in [6, 6.07) is 0.111. The van der Waals surface area contributed by atoms with Crippen LogP contribution in [0.2, 0.25) is 0 Å². The number of rotatable bonds is 1. The quantitative estimate of drug-likeness (QED) is 0.308. The average Bonchev–Trinajstić information content (AvgIpc) is 2.17. The van der Waals surface area contributed by atoms with Gasteiger partial charge in [-0.3, -0.25) is 0 Å². The number of isocyanates is 1. The van der Waals surface area contributed by atoms with Crippen molar-refractivity contribution >= 4 is 6.08 Å². The molecule has 0 aromatic rings. The van der Waals surface area contributed by atoms with Crippen LogP contribution in [0.5, 0.6) is 0 Å².